The Bertz CT molecular complexity index is 438. The minimum absolute atomic E-state index is 0. The zero-order valence-electron chi connectivity index (χ0n) is 11.6. The summed E-state index contributed by atoms with van der Waals surface area (Å²) in [4.78, 5) is 15.8. The number of benzene rings is 1. The molecule has 4 nitrogen and oxygen atoms in total. The number of nitrogens with zero attached hydrogens (tertiary/aromatic N) is 2. The number of amides is 1. The quantitative estimate of drug-likeness (QED) is 0.905. The molecular weight excluding hydrogens is 281 g/mol. The molecular formula is C14H21ClFN3O. The molecule has 0 aromatic heterocycles. The lowest BCUT2D eigenvalue weighted by Crippen LogP contribution is -2.49. The molecule has 1 aliphatic rings. The molecule has 1 aromatic carbocycles. The van der Waals surface area contributed by atoms with Crippen molar-refractivity contribution in [1.82, 2.24) is 15.1 Å². The fraction of sp³-hybridized carbons (Fsp3) is 0.500. The summed E-state index contributed by atoms with van der Waals surface area (Å²) in [6.45, 7) is 4.21. The minimum atomic E-state index is -0.237. The fourth-order valence-corrected chi connectivity index (χ4v) is 2.25. The molecule has 1 aromatic rings. The molecule has 1 N–H and O–H groups in total. The summed E-state index contributed by atoms with van der Waals surface area (Å²) >= 11 is 0. The van der Waals surface area contributed by atoms with Crippen LogP contribution in [-0.4, -0.2) is 55.5 Å². The molecule has 1 aliphatic heterocycles. The molecule has 20 heavy (non-hydrogen) atoms. The van der Waals surface area contributed by atoms with E-state index in [1.165, 1.54) is 12.1 Å². The van der Waals surface area contributed by atoms with E-state index >= 15 is 0 Å². The van der Waals surface area contributed by atoms with Crippen LogP contribution in [0.3, 0.4) is 0 Å². The van der Waals surface area contributed by atoms with Crippen LogP contribution in [0.25, 0.3) is 0 Å². The predicted molar refractivity (Wildman–Crippen MR) is 79.4 cm³/mol. The van der Waals surface area contributed by atoms with Gasteiger partial charge in [-0.15, -0.1) is 12.4 Å². The molecule has 0 aliphatic carbocycles. The van der Waals surface area contributed by atoms with Gasteiger partial charge in [0.05, 0.1) is 6.54 Å². The summed E-state index contributed by atoms with van der Waals surface area (Å²) in [6, 6.07) is 6.49. The van der Waals surface area contributed by atoms with Gasteiger partial charge in [-0.2, -0.15) is 0 Å². The first kappa shape index (κ1) is 16.9. The van der Waals surface area contributed by atoms with Crippen LogP contribution in [0.15, 0.2) is 24.3 Å². The Hall–Kier alpha value is -1.17. The smallest absolute Gasteiger partial charge is 0.236 e. The number of carbonyl (C=O) groups excluding carboxylic acids is 1. The molecule has 0 atom stereocenters. The minimum Gasteiger partial charge on any atom is -0.339 e. The van der Waals surface area contributed by atoms with Crippen molar-refractivity contribution in [3.05, 3.63) is 35.6 Å². The normalized spacial score (nSPS) is 15.1. The van der Waals surface area contributed by atoms with Crippen molar-refractivity contribution >= 4 is 18.3 Å². The second-order valence-electron chi connectivity index (χ2n) is 4.93. The second kappa shape index (κ2) is 8.19. The van der Waals surface area contributed by atoms with Gasteiger partial charge in [0, 0.05) is 32.7 Å². The van der Waals surface area contributed by atoms with Gasteiger partial charge < -0.3 is 10.2 Å². The highest BCUT2D eigenvalue weighted by Gasteiger charge is 2.17. The standard InChI is InChI=1S/C14H20FN3O.ClH/c1-17(10-12-3-2-4-13(15)9-12)11-14(19)18-7-5-16-6-8-18;/h2-4,9,16H,5-8,10-11H2,1H3;1H. The van der Waals surface area contributed by atoms with E-state index in [1.807, 2.05) is 22.9 Å². The van der Waals surface area contributed by atoms with E-state index in [2.05, 4.69) is 5.32 Å². The van der Waals surface area contributed by atoms with E-state index < -0.39 is 0 Å². The number of likely N-dealkylation sites (N-methyl/N-ethyl adjacent to an activating group) is 1. The van der Waals surface area contributed by atoms with E-state index in [-0.39, 0.29) is 24.1 Å². The summed E-state index contributed by atoms with van der Waals surface area (Å²) in [5.74, 6) is -0.0975. The Morgan fingerprint density at radius 3 is 2.75 bits per heavy atom. The summed E-state index contributed by atoms with van der Waals surface area (Å²) in [5, 5.41) is 3.22. The number of carbonyl (C=O) groups is 1. The maximum atomic E-state index is 13.1. The van der Waals surface area contributed by atoms with Crippen LogP contribution in [0.2, 0.25) is 0 Å². The van der Waals surface area contributed by atoms with Gasteiger partial charge in [-0.1, -0.05) is 12.1 Å². The van der Waals surface area contributed by atoms with E-state index in [0.717, 1.165) is 31.7 Å². The van der Waals surface area contributed by atoms with Crippen molar-refractivity contribution in [2.45, 2.75) is 6.54 Å². The van der Waals surface area contributed by atoms with Gasteiger partial charge in [0.15, 0.2) is 0 Å². The monoisotopic (exact) mass is 301 g/mol. The molecule has 0 radical (unpaired) electrons. The molecule has 0 saturated carbocycles. The Kier molecular flexibility index (Phi) is 6.91. The van der Waals surface area contributed by atoms with Crippen LogP contribution in [0.4, 0.5) is 4.39 Å². The first-order valence-electron chi connectivity index (χ1n) is 6.56. The number of halogens is 2. The van der Waals surface area contributed by atoms with Gasteiger partial charge in [-0.25, -0.2) is 4.39 Å². The third-order valence-electron chi connectivity index (χ3n) is 3.22. The van der Waals surface area contributed by atoms with Crippen molar-refractivity contribution in [1.29, 1.82) is 0 Å². The van der Waals surface area contributed by atoms with Crippen LogP contribution in [-0.2, 0) is 11.3 Å². The number of hydrogen-bond donors (Lipinski definition) is 1. The van der Waals surface area contributed by atoms with Crippen LogP contribution in [0.1, 0.15) is 5.56 Å². The molecule has 0 bridgehead atoms. The maximum absolute atomic E-state index is 13.1. The van der Waals surface area contributed by atoms with Crippen LogP contribution < -0.4 is 5.32 Å². The van der Waals surface area contributed by atoms with Crippen LogP contribution >= 0.6 is 12.4 Å². The molecule has 0 spiro atoms. The van der Waals surface area contributed by atoms with E-state index in [4.69, 9.17) is 0 Å². The lowest BCUT2D eigenvalue weighted by Gasteiger charge is -2.29. The van der Waals surface area contributed by atoms with E-state index in [1.54, 1.807) is 6.07 Å². The van der Waals surface area contributed by atoms with E-state index in [0.29, 0.717) is 13.1 Å². The Labute approximate surface area is 125 Å². The van der Waals surface area contributed by atoms with Gasteiger partial charge in [0.25, 0.3) is 0 Å². The Balaban J connectivity index is 0.00000200. The molecule has 1 fully saturated rings. The lowest BCUT2D eigenvalue weighted by molar-refractivity contribution is -0.132. The summed E-state index contributed by atoms with van der Waals surface area (Å²) < 4.78 is 13.1. The van der Waals surface area contributed by atoms with Gasteiger partial charge in [-0.05, 0) is 24.7 Å². The molecule has 1 heterocycles. The SMILES string of the molecule is CN(CC(=O)N1CCNCC1)Cc1cccc(F)c1.Cl. The van der Waals surface area contributed by atoms with Gasteiger partial charge in [0.1, 0.15) is 5.82 Å². The second-order valence-corrected chi connectivity index (χ2v) is 4.93. The highest BCUT2D eigenvalue weighted by molar-refractivity contribution is 5.85. The van der Waals surface area contributed by atoms with Gasteiger partial charge >= 0.3 is 0 Å². The number of piperazine rings is 1. The van der Waals surface area contributed by atoms with Gasteiger partial charge in [-0.3, -0.25) is 9.69 Å². The van der Waals surface area contributed by atoms with Crippen LogP contribution in [0.5, 0.6) is 0 Å². The molecule has 1 amide bonds. The molecule has 6 heteroatoms. The topological polar surface area (TPSA) is 35.6 Å². The van der Waals surface area contributed by atoms with Gasteiger partial charge in [0.2, 0.25) is 5.91 Å². The number of rotatable bonds is 4. The zero-order chi connectivity index (χ0) is 13.7. The first-order chi connectivity index (χ1) is 9.15. The molecule has 112 valence electrons. The Morgan fingerprint density at radius 2 is 2.10 bits per heavy atom. The number of nitrogens with one attached hydrogen (secondary N) is 1. The highest BCUT2D eigenvalue weighted by atomic mass is 35.5. The Morgan fingerprint density at radius 1 is 1.40 bits per heavy atom. The largest absolute Gasteiger partial charge is 0.339 e. The molecule has 2 rings (SSSR count). The third kappa shape index (κ3) is 5.07. The van der Waals surface area contributed by atoms with Crippen molar-refractivity contribution < 1.29 is 9.18 Å². The van der Waals surface area contributed by atoms with Crippen LogP contribution in [0, 0.1) is 5.82 Å². The van der Waals surface area contributed by atoms with Crippen molar-refractivity contribution in [2.24, 2.45) is 0 Å². The van der Waals surface area contributed by atoms with Crippen molar-refractivity contribution in [3.8, 4) is 0 Å². The van der Waals surface area contributed by atoms with Crippen molar-refractivity contribution in [3.63, 3.8) is 0 Å². The summed E-state index contributed by atoms with van der Waals surface area (Å²) in [6.07, 6.45) is 0. The van der Waals surface area contributed by atoms with Crippen molar-refractivity contribution in [2.75, 3.05) is 39.8 Å². The third-order valence-corrected chi connectivity index (χ3v) is 3.22. The fourth-order valence-electron chi connectivity index (χ4n) is 2.25. The lowest BCUT2D eigenvalue weighted by atomic mass is 10.2. The van der Waals surface area contributed by atoms with E-state index in [9.17, 15) is 9.18 Å². The average molecular weight is 302 g/mol. The predicted octanol–water partition coefficient (Wildman–Crippen LogP) is 1.11. The highest BCUT2D eigenvalue weighted by Crippen LogP contribution is 2.06. The zero-order valence-corrected chi connectivity index (χ0v) is 12.5. The maximum Gasteiger partial charge on any atom is 0.236 e. The average Bonchev–Trinajstić information content (AvgIpc) is 2.39. The summed E-state index contributed by atoms with van der Waals surface area (Å²) in [5.41, 5.74) is 0.885. The number of hydrogen-bond acceptors (Lipinski definition) is 3. The summed E-state index contributed by atoms with van der Waals surface area (Å²) in [7, 11) is 1.88. The first-order valence-corrected chi connectivity index (χ1v) is 6.56. The molecule has 0 unspecified atom stereocenters. The molecule has 1 saturated heterocycles.